The van der Waals surface area contributed by atoms with E-state index in [1.54, 1.807) is 0 Å². The number of anilines is 1. The molecule has 5 heteroatoms. The molecule has 0 fully saturated rings. The molecular weight excluding hydrogens is 266 g/mol. The zero-order chi connectivity index (χ0) is 10.8. The molecule has 1 heterocycles. The van der Waals surface area contributed by atoms with Crippen molar-refractivity contribution in [2.24, 2.45) is 0 Å². The second kappa shape index (κ2) is 4.31. The van der Waals surface area contributed by atoms with Crippen LogP contribution < -0.4 is 5.32 Å². The number of ether oxygens (including phenoxy) is 1. The topological polar surface area (TPSA) is 38.3 Å². The average Bonchev–Trinajstić information content (AvgIpc) is 2.32. The Morgan fingerprint density at radius 3 is 2.64 bits per heavy atom. The first kappa shape index (κ1) is 11.5. The van der Waals surface area contributed by atoms with Gasteiger partial charge in [0.05, 0.1) is 4.47 Å². The van der Waals surface area contributed by atoms with Gasteiger partial charge in [-0.3, -0.25) is 5.32 Å². The van der Waals surface area contributed by atoms with Crippen LogP contribution in [-0.2, 0) is 4.74 Å². The third-order valence-corrected chi connectivity index (χ3v) is 2.98. The van der Waals surface area contributed by atoms with Gasteiger partial charge in [-0.2, -0.15) is 0 Å². The molecule has 1 N–H and O–H groups in total. The van der Waals surface area contributed by atoms with Gasteiger partial charge in [-0.05, 0) is 48.1 Å². The second-order valence-electron chi connectivity index (χ2n) is 3.72. The molecular formula is C9H12BrNO2S. The second-order valence-corrected chi connectivity index (χ2v) is 5.50. The van der Waals surface area contributed by atoms with Crippen molar-refractivity contribution in [3.8, 4) is 0 Å². The third kappa shape index (κ3) is 3.67. The molecule has 1 amide bonds. The van der Waals surface area contributed by atoms with E-state index in [4.69, 9.17) is 4.74 Å². The molecule has 0 saturated heterocycles. The van der Waals surface area contributed by atoms with Crippen LogP contribution in [0.25, 0.3) is 0 Å². The molecule has 0 bridgehead atoms. The summed E-state index contributed by atoms with van der Waals surface area (Å²) in [4.78, 5) is 11.3. The first-order valence-electron chi connectivity index (χ1n) is 4.11. The standard InChI is InChI=1S/C9H12BrNO2S/c1-9(2,3)13-8(12)11-7-6(10)4-5-14-7/h4-5H,1-3H3,(H,11,12). The lowest BCUT2D eigenvalue weighted by molar-refractivity contribution is 0.0636. The minimum absolute atomic E-state index is 0.430. The number of rotatable bonds is 1. The van der Waals surface area contributed by atoms with Crippen LogP contribution in [-0.4, -0.2) is 11.7 Å². The molecule has 14 heavy (non-hydrogen) atoms. The lowest BCUT2D eigenvalue weighted by Gasteiger charge is -2.19. The van der Waals surface area contributed by atoms with Crippen molar-refractivity contribution >= 4 is 38.4 Å². The lowest BCUT2D eigenvalue weighted by atomic mass is 10.2. The molecule has 0 atom stereocenters. The van der Waals surface area contributed by atoms with Gasteiger partial charge in [-0.1, -0.05) is 0 Å². The summed E-state index contributed by atoms with van der Waals surface area (Å²) in [6.07, 6.45) is -0.430. The Kier molecular flexibility index (Phi) is 3.55. The van der Waals surface area contributed by atoms with Crippen molar-refractivity contribution in [2.45, 2.75) is 26.4 Å². The monoisotopic (exact) mass is 277 g/mol. The van der Waals surface area contributed by atoms with Crippen LogP contribution >= 0.6 is 27.3 Å². The Morgan fingerprint density at radius 2 is 2.21 bits per heavy atom. The summed E-state index contributed by atoms with van der Waals surface area (Å²) in [7, 11) is 0. The van der Waals surface area contributed by atoms with Crippen molar-refractivity contribution in [1.82, 2.24) is 0 Å². The van der Waals surface area contributed by atoms with E-state index in [9.17, 15) is 4.79 Å². The molecule has 0 saturated carbocycles. The van der Waals surface area contributed by atoms with Crippen molar-refractivity contribution in [2.75, 3.05) is 5.32 Å². The predicted molar refractivity (Wildman–Crippen MR) is 61.9 cm³/mol. The van der Waals surface area contributed by atoms with E-state index in [0.29, 0.717) is 0 Å². The van der Waals surface area contributed by atoms with Gasteiger partial charge < -0.3 is 4.74 Å². The summed E-state index contributed by atoms with van der Waals surface area (Å²) < 4.78 is 5.97. The van der Waals surface area contributed by atoms with E-state index in [0.717, 1.165) is 9.47 Å². The number of amides is 1. The van der Waals surface area contributed by atoms with Crippen LogP contribution in [0.2, 0.25) is 0 Å². The van der Waals surface area contributed by atoms with E-state index in [1.807, 2.05) is 32.2 Å². The predicted octanol–water partition coefficient (Wildman–Crippen LogP) is 3.86. The third-order valence-electron chi connectivity index (χ3n) is 1.23. The van der Waals surface area contributed by atoms with Gasteiger partial charge >= 0.3 is 6.09 Å². The van der Waals surface area contributed by atoms with E-state index < -0.39 is 11.7 Å². The molecule has 1 rings (SSSR count). The summed E-state index contributed by atoms with van der Waals surface area (Å²) in [5, 5.41) is 5.31. The summed E-state index contributed by atoms with van der Waals surface area (Å²) in [6, 6.07) is 1.87. The van der Waals surface area contributed by atoms with Crippen molar-refractivity contribution < 1.29 is 9.53 Å². The van der Waals surface area contributed by atoms with Gasteiger partial charge in [-0.15, -0.1) is 11.3 Å². The van der Waals surface area contributed by atoms with Gasteiger partial charge in [-0.25, -0.2) is 4.79 Å². The SMILES string of the molecule is CC(C)(C)OC(=O)Nc1sccc1Br. The number of thiophene rings is 1. The molecule has 0 aromatic carbocycles. The Bertz CT molecular complexity index is 330. The van der Waals surface area contributed by atoms with E-state index >= 15 is 0 Å². The van der Waals surface area contributed by atoms with Gasteiger partial charge in [0.2, 0.25) is 0 Å². The summed E-state index contributed by atoms with van der Waals surface area (Å²) in [5.41, 5.74) is -0.464. The fraction of sp³-hybridized carbons (Fsp3) is 0.444. The molecule has 1 aromatic heterocycles. The number of carbonyl (C=O) groups excluding carboxylic acids is 1. The van der Waals surface area contributed by atoms with Gasteiger partial charge in [0, 0.05) is 0 Å². The Hall–Kier alpha value is -0.550. The highest BCUT2D eigenvalue weighted by Crippen LogP contribution is 2.28. The Labute approximate surface area is 95.6 Å². The largest absolute Gasteiger partial charge is 0.444 e. The quantitative estimate of drug-likeness (QED) is 0.847. The zero-order valence-corrected chi connectivity index (χ0v) is 10.7. The van der Waals surface area contributed by atoms with Gasteiger partial charge in [0.15, 0.2) is 0 Å². The Balaban J connectivity index is 2.54. The number of hydrogen-bond acceptors (Lipinski definition) is 3. The minimum Gasteiger partial charge on any atom is -0.444 e. The highest BCUT2D eigenvalue weighted by Gasteiger charge is 2.17. The normalized spacial score (nSPS) is 11.1. The molecule has 1 aromatic rings. The number of carbonyl (C=O) groups is 1. The molecule has 0 aliphatic heterocycles. The molecule has 0 radical (unpaired) electrons. The molecule has 78 valence electrons. The van der Waals surface area contributed by atoms with Gasteiger partial charge in [0.1, 0.15) is 10.6 Å². The summed E-state index contributed by atoms with van der Waals surface area (Å²) >= 11 is 4.76. The first-order chi connectivity index (χ1) is 6.38. The smallest absolute Gasteiger partial charge is 0.412 e. The Morgan fingerprint density at radius 1 is 1.57 bits per heavy atom. The average molecular weight is 278 g/mol. The first-order valence-corrected chi connectivity index (χ1v) is 5.79. The number of hydrogen-bond donors (Lipinski definition) is 1. The van der Waals surface area contributed by atoms with Crippen LogP contribution in [0.1, 0.15) is 20.8 Å². The lowest BCUT2D eigenvalue weighted by Crippen LogP contribution is -2.27. The maximum absolute atomic E-state index is 11.3. The summed E-state index contributed by atoms with van der Waals surface area (Å²) in [6.45, 7) is 5.49. The van der Waals surface area contributed by atoms with Gasteiger partial charge in [0.25, 0.3) is 0 Å². The highest BCUT2D eigenvalue weighted by molar-refractivity contribution is 9.10. The van der Waals surface area contributed by atoms with Crippen molar-refractivity contribution in [3.63, 3.8) is 0 Å². The maximum atomic E-state index is 11.3. The molecule has 0 aliphatic rings. The van der Waals surface area contributed by atoms with Crippen LogP contribution in [0.5, 0.6) is 0 Å². The van der Waals surface area contributed by atoms with Crippen LogP contribution in [0.3, 0.4) is 0 Å². The van der Waals surface area contributed by atoms with E-state index in [2.05, 4.69) is 21.2 Å². The fourth-order valence-corrected chi connectivity index (χ4v) is 2.13. The van der Waals surface area contributed by atoms with Crippen molar-refractivity contribution in [3.05, 3.63) is 15.9 Å². The van der Waals surface area contributed by atoms with E-state index in [1.165, 1.54) is 11.3 Å². The van der Waals surface area contributed by atoms with Crippen LogP contribution in [0, 0.1) is 0 Å². The van der Waals surface area contributed by atoms with Crippen molar-refractivity contribution in [1.29, 1.82) is 0 Å². The fourth-order valence-electron chi connectivity index (χ4n) is 0.779. The molecule has 0 aliphatic carbocycles. The minimum atomic E-state index is -0.464. The van der Waals surface area contributed by atoms with Crippen LogP contribution in [0.15, 0.2) is 15.9 Å². The molecule has 0 spiro atoms. The molecule has 0 unspecified atom stereocenters. The number of halogens is 1. The summed E-state index contributed by atoms with van der Waals surface area (Å²) in [5.74, 6) is 0. The van der Waals surface area contributed by atoms with Crippen LogP contribution in [0.4, 0.5) is 9.80 Å². The highest BCUT2D eigenvalue weighted by atomic mass is 79.9. The van der Waals surface area contributed by atoms with E-state index in [-0.39, 0.29) is 0 Å². The molecule has 3 nitrogen and oxygen atoms in total. The zero-order valence-electron chi connectivity index (χ0n) is 8.26. The number of nitrogens with one attached hydrogen (secondary N) is 1. The maximum Gasteiger partial charge on any atom is 0.412 e.